The average molecular weight is 315 g/mol. The molecule has 0 saturated heterocycles. The second kappa shape index (κ2) is 7.62. The SMILES string of the molecule is Cc1ccc(P(c2ccc(C)cc2)c2ccc(C)cc2)cc1.[B]. The van der Waals surface area contributed by atoms with E-state index in [1.165, 1.54) is 32.6 Å². The van der Waals surface area contributed by atoms with Gasteiger partial charge in [-0.2, -0.15) is 0 Å². The highest BCUT2D eigenvalue weighted by Crippen LogP contribution is 2.32. The van der Waals surface area contributed by atoms with Gasteiger partial charge in [-0.3, -0.25) is 0 Å². The maximum atomic E-state index is 2.28. The van der Waals surface area contributed by atoms with Gasteiger partial charge in [-0.25, -0.2) is 0 Å². The fourth-order valence-corrected chi connectivity index (χ4v) is 4.76. The van der Waals surface area contributed by atoms with Gasteiger partial charge in [0.25, 0.3) is 0 Å². The molecule has 0 amide bonds. The van der Waals surface area contributed by atoms with E-state index in [1.54, 1.807) is 0 Å². The molecule has 0 aliphatic carbocycles. The van der Waals surface area contributed by atoms with Gasteiger partial charge in [0.1, 0.15) is 0 Å². The highest BCUT2D eigenvalue weighted by molar-refractivity contribution is 7.79. The van der Waals surface area contributed by atoms with Gasteiger partial charge in [-0.1, -0.05) is 89.5 Å². The van der Waals surface area contributed by atoms with Crippen LogP contribution >= 0.6 is 7.92 Å². The van der Waals surface area contributed by atoms with Gasteiger partial charge in [0.15, 0.2) is 0 Å². The Balaban J connectivity index is 0.00000192. The molecule has 0 N–H and O–H groups in total. The van der Waals surface area contributed by atoms with Gasteiger partial charge in [0.2, 0.25) is 0 Å². The summed E-state index contributed by atoms with van der Waals surface area (Å²) in [6.45, 7) is 6.43. The quantitative estimate of drug-likeness (QED) is 0.506. The Bertz CT molecular complexity index is 635. The molecule has 113 valence electrons. The second-order valence-electron chi connectivity index (χ2n) is 5.84. The largest absolute Gasteiger partial charge is 0.0587 e. The Kier molecular flexibility index (Phi) is 5.80. The number of hydrogen-bond donors (Lipinski definition) is 0. The van der Waals surface area contributed by atoms with Gasteiger partial charge in [0.05, 0.1) is 0 Å². The zero-order valence-electron chi connectivity index (χ0n) is 14.0. The molecule has 0 aliphatic rings. The third-order valence-electron chi connectivity index (χ3n) is 3.88. The molecule has 3 aromatic carbocycles. The van der Waals surface area contributed by atoms with Gasteiger partial charge in [-0.15, -0.1) is 0 Å². The van der Waals surface area contributed by atoms with Crippen LogP contribution in [0.25, 0.3) is 0 Å². The monoisotopic (exact) mass is 315 g/mol. The molecule has 3 radical (unpaired) electrons. The predicted molar refractivity (Wildman–Crippen MR) is 105 cm³/mol. The van der Waals surface area contributed by atoms with Crippen molar-refractivity contribution in [2.75, 3.05) is 0 Å². The summed E-state index contributed by atoms with van der Waals surface area (Å²) < 4.78 is 0. The van der Waals surface area contributed by atoms with Crippen molar-refractivity contribution in [3.05, 3.63) is 89.5 Å². The zero-order valence-corrected chi connectivity index (χ0v) is 14.8. The molecular weight excluding hydrogens is 294 g/mol. The molecule has 3 rings (SSSR count). The topological polar surface area (TPSA) is 0 Å². The van der Waals surface area contributed by atoms with Crippen LogP contribution in [0.1, 0.15) is 16.7 Å². The van der Waals surface area contributed by atoms with E-state index in [2.05, 4.69) is 93.6 Å². The molecule has 23 heavy (non-hydrogen) atoms. The number of rotatable bonds is 3. The number of aryl methyl sites for hydroxylation is 3. The Hall–Kier alpha value is -1.85. The average Bonchev–Trinajstić information content (AvgIpc) is 2.53. The predicted octanol–water partition coefficient (Wildman–Crippen LogP) is 3.99. The third-order valence-corrected chi connectivity index (χ3v) is 6.32. The second-order valence-corrected chi connectivity index (χ2v) is 8.06. The maximum Gasteiger partial charge on any atom is 0 e. The van der Waals surface area contributed by atoms with Crippen LogP contribution < -0.4 is 15.9 Å². The van der Waals surface area contributed by atoms with E-state index >= 15 is 0 Å². The Labute approximate surface area is 142 Å². The van der Waals surface area contributed by atoms with Crippen LogP contribution in [0.5, 0.6) is 0 Å². The van der Waals surface area contributed by atoms with E-state index in [0.717, 1.165) is 0 Å². The molecule has 0 heterocycles. The molecule has 0 fully saturated rings. The molecule has 3 aromatic rings. The molecule has 0 saturated carbocycles. The minimum absolute atomic E-state index is 0. The van der Waals surface area contributed by atoms with Crippen LogP contribution in [0.2, 0.25) is 0 Å². The first-order valence-corrected chi connectivity index (χ1v) is 8.98. The fourth-order valence-electron chi connectivity index (χ4n) is 2.53. The first-order valence-electron chi connectivity index (χ1n) is 7.63. The summed E-state index contributed by atoms with van der Waals surface area (Å²) in [7, 11) is -0.483. The fraction of sp³-hybridized carbons (Fsp3) is 0.143. The summed E-state index contributed by atoms with van der Waals surface area (Å²) in [6, 6.07) is 27.0. The van der Waals surface area contributed by atoms with Gasteiger partial charge >= 0.3 is 0 Å². The highest BCUT2D eigenvalue weighted by atomic mass is 31.1. The van der Waals surface area contributed by atoms with E-state index in [1.807, 2.05) is 0 Å². The van der Waals surface area contributed by atoms with E-state index in [4.69, 9.17) is 0 Å². The van der Waals surface area contributed by atoms with Crippen molar-refractivity contribution in [3.8, 4) is 0 Å². The summed E-state index contributed by atoms with van der Waals surface area (Å²) in [5.74, 6) is 0. The molecule has 0 unspecified atom stereocenters. The molecule has 0 bridgehead atoms. The van der Waals surface area contributed by atoms with Gasteiger partial charge in [0, 0.05) is 8.41 Å². The van der Waals surface area contributed by atoms with E-state index in [-0.39, 0.29) is 8.41 Å². The van der Waals surface area contributed by atoms with Gasteiger partial charge in [-0.05, 0) is 44.6 Å². The third kappa shape index (κ3) is 4.12. The number of hydrogen-bond acceptors (Lipinski definition) is 0. The van der Waals surface area contributed by atoms with Crippen LogP contribution in [0.4, 0.5) is 0 Å². The molecule has 2 heteroatoms. The molecule has 0 spiro atoms. The van der Waals surface area contributed by atoms with Crippen molar-refractivity contribution in [2.24, 2.45) is 0 Å². The van der Waals surface area contributed by atoms with Crippen LogP contribution in [-0.2, 0) is 0 Å². The standard InChI is InChI=1S/C21H21P.B/c1-16-4-10-19(11-5-16)22(20-12-6-17(2)7-13-20)21-14-8-18(3)9-15-21;/h4-15H,1-3H3;. The molecular formula is C21H21BP. The van der Waals surface area contributed by atoms with Crippen molar-refractivity contribution in [1.82, 2.24) is 0 Å². The summed E-state index contributed by atoms with van der Waals surface area (Å²) in [5, 5.41) is 4.23. The van der Waals surface area contributed by atoms with E-state index in [0.29, 0.717) is 0 Å². The van der Waals surface area contributed by atoms with Crippen LogP contribution in [0.3, 0.4) is 0 Å². The Morgan fingerprint density at radius 3 is 0.870 bits per heavy atom. The number of benzene rings is 3. The zero-order chi connectivity index (χ0) is 15.5. The molecule has 0 aromatic heterocycles. The highest BCUT2D eigenvalue weighted by Gasteiger charge is 2.16. The van der Waals surface area contributed by atoms with Crippen LogP contribution in [0, 0.1) is 20.8 Å². The van der Waals surface area contributed by atoms with Crippen LogP contribution in [-0.4, -0.2) is 8.41 Å². The maximum absolute atomic E-state index is 2.28. The molecule has 0 nitrogen and oxygen atoms in total. The lowest BCUT2D eigenvalue weighted by Crippen LogP contribution is -2.20. The smallest absolute Gasteiger partial charge is 0 e. The summed E-state index contributed by atoms with van der Waals surface area (Å²) >= 11 is 0. The summed E-state index contributed by atoms with van der Waals surface area (Å²) in [4.78, 5) is 0. The Morgan fingerprint density at radius 2 is 0.652 bits per heavy atom. The normalized spacial score (nSPS) is 10.4. The lowest BCUT2D eigenvalue weighted by atomic mass is 10.2. The summed E-state index contributed by atoms with van der Waals surface area (Å²) in [6.07, 6.45) is 0. The molecule has 0 atom stereocenters. The minimum atomic E-state index is -0.483. The van der Waals surface area contributed by atoms with Gasteiger partial charge < -0.3 is 0 Å². The first kappa shape index (κ1) is 17.5. The van der Waals surface area contributed by atoms with E-state index < -0.39 is 7.92 Å². The molecule has 0 aliphatic heterocycles. The van der Waals surface area contributed by atoms with Crippen molar-refractivity contribution < 1.29 is 0 Å². The Morgan fingerprint density at radius 1 is 0.435 bits per heavy atom. The summed E-state index contributed by atoms with van der Waals surface area (Å²) in [5.41, 5.74) is 3.93. The van der Waals surface area contributed by atoms with Crippen molar-refractivity contribution in [1.29, 1.82) is 0 Å². The van der Waals surface area contributed by atoms with Crippen molar-refractivity contribution in [3.63, 3.8) is 0 Å². The lowest BCUT2D eigenvalue weighted by molar-refractivity contribution is 1.48. The van der Waals surface area contributed by atoms with E-state index in [9.17, 15) is 0 Å². The van der Waals surface area contributed by atoms with Crippen molar-refractivity contribution >= 4 is 32.2 Å². The van der Waals surface area contributed by atoms with Crippen LogP contribution in [0.15, 0.2) is 72.8 Å². The minimum Gasteiger partial charge on any atom is -0.0587 e. The van der Waals surface area contributed by atoms with Crippen molar-refractivity contribution in [2.45, 2.75) is 20.8 Å². The first-order chi connectivity index (χ1) is 10.6. The lowest BCUT2D eigenvalue weighted by Gasteiger charge is -2.20.